The molecule has 0 aliphatic heterocycles. The van der Waals surface area contributed by atoms with Gasteiger partial charge in [0, 0.05) is 0 Å². The Morgan fingerprint density at radius 3 is 2.61 bits per heavy atom. The third-order valence-electron chi connectivity index (χ3n) is 2.25. The molecule has 18 heavy (non-hydrogen) atoms. The van der Waals surface area contributed by atoms with E-state index in [-0.39, 0.29) is 26.8 Å². The van der Waals surface area contributed by atoms with Crippen LogP contribution in [0.2, 0.25) is 4.47 Å². The number of carbonyl (C=O) groups is 1. The van der Waals surface area contributed by atoms with Gasteiger partial charge in [0.2, 0.25) is 0 Å². The topological polar surface area (TPSA) is 38.7 Å². The van der Waals surface area contributed by atoms with Crippen LogP contribution in [0.3, 0.4) is 0 Å². The second-order valence-electron chi connectivity index (χ2n) is 3.61. The average molecular weight is 425 g/mol. The van der Waals surface area contributed by atoms with Crippen molar-refractivity contribution in [3.05, 3.63) is 29.8 Å². The van der Waals surface area contributed by atoms with E-state index in [0.717, 1.165) is 8.41 Å². The van der Waals surface area contributed by atoms with Crippen molar-refractivity contribution >= 4 is 45.5 Å². The van der Waals surface area contributed by atoms with Crippen molar-refractivity contribution < 1.29 is 9.53 Å². The number of hydrogen-bond acceptors (Lipinski definition) is 2. The molecular weight excluding hydrogens is 409 g/mol. The molecule has 0 aliphatic rings. The summed E-state index contributed by atoms with van der Waals surface area (Å²) in [5.74, 6) is 0.573. The Hall–Kier alpha value is -0.331. The van der Waals surface area contributed by atoms with Gasteiger partial charge in [-0.1, -0.05) is 0 Å². The molecule has 1 aromatic rings. The number of methoxy groups -OCH3 is 1. The zero-order valence-corrected chi connectivity index (χ0v) is 14.6. The van der Waals surface area contributed by atoms with Gasteiger partial charge in [0.05, 0.1) is 0 Å². The van der Waals surface area contributed by atoms with Gasteiger partial charge in [-0.05, 0) is 0 Å². The van der Waals surface area contributed by atoms with Crippen molar-refractivity contribution in [2.24, 2.45) is 4.99 Å². The molecule has 1 rings (SSSR count). The quantitative estimate of drug-likeness (QED) is 0.399. The Labute approximate surface area is 126 Å². The number of benzene rings is 1. The molecule has 0 N–H and O–H groups in total. The summed E-state index contributed by atoms with van der Waals surface area (Å²) >= 11 is 2.61. The first-order chi connectivity index (χ1) is 8.67. The van der Waals surface area contributed by atoms with Crippen molar-refractivity contribution in [3.8, 4) is 5.75 Å². The average Bonchev–Trinajstić information content (AvgIpc) is 2.39. The fourth-order valence-electron chi connectivity index (χ4n) is 1.22. The van der Waals surface area contributed by atoms with Gasteiger partial charge in [0.15, 0.2) is 0 Å². The summed E-state index contributed by atoms with van der Waals surface area (Å²) < 4.78 is 7.16. The van der Waals surface area contributed by atoms with Gasteiger partial charge >= 0.3 is 127 Å². The monoisotopic (exact) mass is 428 g/mol. The van der Waals surface area contributed by atoms with E-state index in [1.54, 1.807) is 31.4 Å². The first-order valence-corrected chi connectivity index (χ1v) is 9.41. The van der Waals surface area contributed by atoms with Crippen LogP contribution in [0.25, 0.3) is 0 Å². The van der Waals surface area contributed by atoms with Gasteiger partial charge in [-0.15, -0.1) is 0 Å². The predicted octanol–water partition coefficient (Wildman–Crippen LogP) is 2.28. The molecule has 1 aromatic carbocycles. The first kappa shape index (κ1) is 15.7. The minimum absolute atomic E-state index is 0.173. The molecule has 5 heteroatoms. The molecule has 0 heterocycles. The second kappa shape index (κ2) is 8.72. The van der Waals surface area contributed by atoms with E-state index < -0.39 is 0 Å². The van der Waals surface area contributed by atoms with Crippen LogP contribution in [0.1, 0.15) is 30.1 Å². The van der Waals surface area contributed by atoms with Gasteiger partial charge in [-0.2, -0.15) is 0 Å². The summed E-state index contributed by atoms with van der Waals surface area (Å²) in [5.41, 5.74) is 0.603. The number of nitrogens with zero attached hydrogens (tertiary/aromatic N) is 1. The third-order valence-corrected chi connectivity index (χ3v) is 6.48. The summed E-state index contributed by atoms with van der Waals surface area (Å²) in [6.45, 7) is 2.17. The van der Waals surface area contributed by atoms with E-state index in [4.69, 9.17) is 4.74 Å². The Balaban J connectivity index is 2.60. The SMILES string of the molecule is CCCC[Te]C([Se])=NC(=O)c1ccc(OC)cc1. The summed E-state index contributed by atoms with van der Waals surface area (Å²) in [7, 11) is 1.60. The van der Waals surface area contributed by atoms with Crippen LogP contribution in [0.15, 0.2) is 29.3 Å². The Kier molecular flexibility index (Phi) is 7.61. The van der Waals surface area contributed by atoms with E-state index in [9.17, 15) is 4.79 Å². The molecule has 0 spiro atoms. The Morgan fingerprint density at radius 2 is 2.06 bits per heavy atom. The molecule has 3 nitrogen and oxygen atoms in total. The van der Waals surface area contributed by atoms with Gasteiger partial charge in [-0.3, -0.25) is 0 Å². The molecular formula is C13H16NO2SeTe. The molecule has 0 saturated heterocycles. The number of hydrogen-bond donors (Lipinski definition) is 0. The number of carbonyl (C=O) groups excluding carboxylic acids is 1. The molecule has 0 saturated carbocycles. The number of amides is 1. The molecule has 97 valence electrons. The molecule has 1 radical (unpaired) electrons. The standard InChI is InChI=1S/C13H16NO2SeTe/c1-3-4-9-18-13(17)14-12(15)10-5-7-11(16-2)8-6-10/h5-8H,3-4,9H2,1-2H3. The molecule has 1 amide bonds. The molecule has 0 unspecified atom stereocenters. The van der Waals surface area contributed by atoms with Gasteiger partial charge in [-0.25, -0.2) is 0 Å². The van der Waals surface area contributed by atoms with E-state index in [1.165, 1.54) is 17.3 Å². The summed E-state index contributed by atoms with van der Waals surface area (Å²) in [6.07, 6.45) is 2.42. The predicted molar refractivity (Wildman–Crippen MR) is 76.0 cm³/mol. The Morgan fingerprint density at radius 1 is 1.39 bits per heavy atom. The van der Waals surface area contributed by atoms with Gasteiger partial charge < -0.3 is 0 Å². The maximum absolute atomic E-state index is 11.9. The van der Waals surface area contributed by atoms with E-state index >= 15 is 0 Å². The van der Waals surface area contributed by atoms with Crippen LogP contribution in [0, 0.1) is 0 Å². The van der Waals surface area contributed by atoms with Crippen molar-refractivity contribution in [1.29, 1.82) is 0 Å². The number of aliphatic imine (C=N–C) groups is 1. The van der Waals surface area contributed by atoms with Crippen LogP contribution >= 0.6 is 0 Å². The van der Waals surface area contributed by atoms with E-state index in [2.05, 4.69) is 27.9 Å². The normalized spacial score (nSPS) is 11.3. The van der Waals surface area contributed by atoms with Gasteiger partial charge in [0.25, 0.3) is 0 Å². The number of rotatable bonds is 6. The summed E-state index contributed by atoms with van der Waals surface area (Å²) in [6, 6.07) is 7.03. The molecule has 0 aromatic heterocycles. The molecule has 0 fully saturated rings. The second-order valence-corrected chi connectivity index (χ2v) is 9.33. The van der Waals surface area contributed by atoms with Crippen molar-refractivity contribution in [3.63, 3.8) is 0 Å². The fraction of sp³-hybridized carbons (Fsp3) is 0.385. The zero-order chi connectivity index (χ0) is 13.4. The van der Waals surface area contributed by atoms with Crippen LogP contribution in [0.4, 0.5) is 0 Å². The van der Waals surface area contributed by atoms with Crippen LogP contribution in [0.5, 0.6) is 5.75 Å². The van der Waals surface area contributed by atoms with Crippen molar-refractivity contribution in [1.82, 2.24) is 0 Å². The van der Waals surface area contributed by atoms with E-state index in [1.807, 2.05) is 0 Å². The molecule has 0 atom stereocenters. The van der Waals surface area contributed by atoms with Crippen LogP contribution < -0.4 is 4.74 Å². The maximum atomic E-state index is 11.9. The number of ether oxygens (including phenoxy) is 1. The fourth-order valence-corrected chi connectivity index (χ4v) is 4.72. The van der Waals surface area contributed by atoms with E-state index in [0.29, 0.717) is 5.56 Å². The van der Waals surface area contributed by atoms with Crippen molar-refractivity contribution in [2.75, 3.05) is 7.11 Å². The molecule has 0 aliphatic carbocycles. The first-order valence-electron chi connectivity index (χ1n) is 5.74. The Bertz CT molecular complexity index is 418. The zero-order valence-electron chi connectivity index (χ0n) is 10.5. The van der Waals surface area contributed by atoms with Crippen LogP contribution in [-0.4, -0.2) is 52.6 Å². The van der Waals surface area contributed by atoms with Crippen LogP contribution in [-0.2, 0) is 0 Å². The number of unbranched alkanes of at least 4 members (excludes halogenated alkanes) is 1. The van der Waals surface area contributed by atoms with Crippen molar-refractivity contribution in [2.45, 2.75) is 24.2 Å². The summed E-state index contributed by atoms with van der Waals surface area (Å²) in [4.78, 5) is 16.0. The molecule has 0 bridgehead atoms. The summed E-state index contributed by atoms with van der Waals surface area (Å²) in [5, 5.41) is 0. The minimum atomic E-state index is -0.308. The third kappa shape index (κ3) is 5.54. The van der Waals surface area contributed by atoms with Gasteiger partial charge in [0.1, 0.15) is 0 Å².